The third-order valence-electron chi connectivity index (χ3n) is 2.15. The molecule has 0 fully saturated rings. The van der Waals surface area contributed by atoms with Gasteiger partial charge in [0.05, 0.1) is 25.2 Å². The molecule has 0 saturated carbocycles. The number of carbonyl (C=O) groups excluding carboxylic acids is 1. The molecule has 0 radical (unpaired) electrons. The van der Waals surface area contributed by atoms with Crippen LogP contribution in [-0.2, 0) is 16.0 Å². The predicted octanol–water partition coefficient (Wildman–Crippen LogP) is 1.46. The van der Waals surface area contributed by atoms with Crippen molar-refractivity contribution in [3.8, 4) is 11.8 Å². The fourth-order valence-corrected chi connectivity index (χ4v) is 1.35. The topological polar surface area (TPSA) is 85.3 Å². The molecule has 1 aromatic carbocycles. The van der Waals surface area contributed by atoms with Crippen molar-refractivity contribution in [3.05, 3.63) is 23.3 Å². The Labute approximate surface area is 102 Å². The van der Waals surface area contributed by atoms with Gasteiger partial charge in [-0.3, -0.25) is 4.79 Å². The van der Waals surface area contributed by atoms with Gasteiger partial charge in [0.15, 0.2) is 0 Å². The number of rotatable bonds is 4. The van der Waals surface area contributed by atoms with Gasteiger partial charge in [-0.2, -0.15) is 14.0 Å². The van der Waals surface area contributed by atoms with Gasteiger partial charge in [0.1, 0.15) is 5.75 Å². The van der Waals surface area contributed by atoms with Crippen LogP contribution in [0.25, 0.3) is 0 Å². The number of alkyl halides is 2. The molecule has 1 rings (SSSR count). The number of hydrogen-bond donors (Lipinski definition) is 1. The van der Waals surface area contributed by atoms with Crippen molar-refractivity contribution in [2.75, 3.05) is 12.8 Å². The number of nitriles is 1. The summed E-state index contributed by atoms with van der Waals surface area (Å²) in [7, 11) is 1.19. The van der Waals surface area contributed by atoms with E-state index in [9.17, 15) is 13.6 Å². The van der Waals surface area contributed by atoms with Crippen molar-refractivity contribution in [2.45, 2.75) is 13.0 Å². The van der Waals surface area contributed by atoms with Crippen molar-refractivity contribution < 1.29 is 23.0 Å². The van der Waals surface area contributed by atoms with Gasteiger partial charge < -0.3 is 15.2 Å². The summed E-state index contributed by atoms with van der Waals surface area (Å²) < 4.78 is 32.7. The number of benzene rings is 1. The zero-order valence-corrected chi connectivity index (χ0v) is 9.44. The van der Waals surface area contributed by atoms with Gasteiger partial charge in [-0.1, -0.05) is 0 Å². The van der Waals surface area contributed by atoms with E-state index in [2.05, 4.69) is 9.47 Å². The molecule has 0 aliphatic rings. The SMILES string of the molecule is COC(=O)Cc1c(N)cc(OC(F)F)cc1C#N. The van der Waals surface area contributed by atoms with Gasteiger partial charge in [0, 0.05) is 17.3 Å². The molecule has 0 heterocycles. The number of ether oxygens (including phenoxy) is 2. The molecular formula is C11H10F2N2O3. The molecule has 0 spiro atoms. The fourth-order valence-electron chi connectivity index (χ4n) is 1.35. The maximum atomic E-state index is 12.0. The first-order valence-electron chi connectivity index (χ1n) is 4.82. The Morgan fingerprint density at radius 2 is 2.22 bits per heavy atom. The van der Waals surface area contributed by atoms with E-state index < -0.39 is 12.6 Å². The lowest BCUT2D eigenvalue weighted by Gasteiger charge is -2.10. The number of esters is 1. The number of nitrogens with zero attached hydrogens (tertiary/aromatic N) is 1. The predicted molar refractivity (Wildman–Crippen MR) is 57.9 cm³/mol. The normalized spacial score (nSPS) is 9.94. The van der Waals surface area contributed by atoms with Crippen molar-refractivity contribution in [2.24, 2.45) is 0 Å². The third kappa shape index (κ3) is 3.31. The van der Waals surface area contributed by atoms with E-state index in [-0.39, 0.29) is 29.0 Å². The van der Waals surface area contributed by atoms with E-state index >= 15 is 0 Å². The first kappa shape index (κ1) is 13.7. The van der Waals surface area contributed by atoms with Gasteiger partial charge in [-0.25, -0.2) is 0 Å². The molecule has 0 unspecified atom stereocenters. The highest BCUT2D eigenvalue weighted by Crippen LogP contribution is 2.26. The maximum Gasteiger partial charge on any atom is 0.387 e. The second-order valence-electron chi connectivity index (χ2n) is 3.28. The Bertz CT molecular complexity index is 498. The van der Waals surface area contributed by atoms with Crippen LogP contribution in [0.4, 0.5) is 14.5 Å². The van der Waals surface area contributed by atoms with Crippen LogP contribution in [0, 0.1) is 11.3 Å². The monoisotopic (exact) mass is 256 g/mol. The van der Waals surface area contributed by atoms with Crippen molar-refractivity contribution in [1.82, 2.24) is 0 Å². The largest absolute Gasteiger partial charge is 0.469 e. The number of carbonyl (C=O) groups is 1. The number of nitrogen functional groups attached to an aromatic ring is 1. The second-order valence-corrected chi connectivity index (χ2v) is 3.28. The molecule has 1 aromatic rings. The minimum absolute atomic E-state index is 0.00366. The molecular weight excluding hydrogens is 246 g/mol. The Hall–Kier alpha value is -2.36. The van der Waals surface area contributed by atoms with E-state index in [1.807, 2.05) is 0 Å². The van der Waals surface area contributed by atoms with Gasteiger partial charge >= 0.3 is 12.6 Å². The molecule has 0 saturated heterocycles. The third-order valence-corrected chi connectivity index (χ3v) is 2.15. The van der Waals surface area contributed by atoms with Crippen LogP contribution >= 0.6 is 0 Å². The van der Waals surface area contributed by atoms with Crippen LogP contribution in [0.3, 0.4) is 0 Å². The highest BCUT2D eigenvalue weighted by molar-refractivity contribution is 5.77. The van der Waals surface area contributed by atoms with E-state index in [0.29, 0.717) is 0 Å². The van der Waals surface area contributed by atoms with E-state index in [4.69, 9.17) is 11.0 Å². The molecule has 0 bridgehead atoms. The smallest absolute Gasteiger partial charge is 0.387 e. The maximum absolute atomic E-state index is 12.0. The fraction of sp³-hybridized carbons (Fsp3) is 0.273. The molecule has 0 atom stereocenters. The zero-order valence-electron chi connectivity index (χ0n) is 9.44. The van der Waals surface area contributed by atoms with Crippen molar-refractivity contribution >= 4 is 11.7 Å². The van der Waals surface area contributed by atoms with Crippen molar-refractivity contribution in [3.63, 3.8) is 0 Å². The quantitative estimate of drug-likeness (QED) is 0.651. The molecule has 7 heteroatoms. The molecule has 0 aliphatic heterocycles. The van der Waals surface area contributed by atoms with Crippen LogP contribution in [0.15, 0.2) is 12.1 Å². The average molecular weight is 256 g/mol. The lowest BCUT2D eigenvalue weighted by Crippen LogP contribution is -2.10. The van der Waals surface area contributed by atoms with Crippen LogP contribution in [0.1, 0.15) is 11.1 Å². The summed E-state index contributed by atoms with van der Waals surface area (Å²) >= 11 is 0. The first-order chi connectivity index (χ1) is 8.47. The summed E-state index contributed by atoms with van der Waals surface area (Å²) in [6, 6.07) is 4.00. The molecule has 96 valence electrons. The lowest BCUT2D eigenvalue weighted by atomic mass is 10.0. The highest BCUT2D eigenvalue weighted by Gasteiger charge is 2.15. The average Bonchev–Trinajstić information content (AvgIpc) is 2.31. The van der Waals surface area contributed by atoms with Crippen LogP contribution < -0.4 is 10.5 Å². The van der Waals surface area contributed by atoms with Crippen LogP contribution in [0.2, 0.25) is 0 Å². The van der Waals surface area contributed by atoms with E-state index in [1.165, 1.54) is 7.11 Å². The van der Waals surface area contributed by atoms with E-state index in [0.717, 1.165) is 12.1 Å². The zero-order chi connectivity index (χ0) is 13.7. The number of hydrogen-bond acceptors (Lipinski definition) is 5. The van der Waals surface area contributed by atoms with Gasteiger partial charge in [-0.15, -0.1) is 0 Å². The highest BCUT2D eigenvalue weighted by atomic mass is 19.3. The number of anilines is 1. The van der Waals surface area contributed by atoms with Gasteiger partial charge in [0.2, 0.25) is 0 Å². The summed E-state index contributed by atoms with van der Waals surface area (Å²) in [5.41, 5.74) is 5.84. The number of methoxy groups -OCH3 is 1. The molecule has 2 N–H and O–H groups in total. The summed E-state index contributed by atoms with van der Waals surface area (Å²) in [5, 5.41) is 8.89. The summed E-state index contributed by atoms with van der Waals surface area (Å²) in [4.78, 5) is 11.1. The Morgan fingerprint density at radius 1 is 1.56 bits per heavy atom. The Morgan fingerprint density at radius 3 is 2.72 bits per heavy atom. The first-order valence-corrected chi connectivity index (χ1v) is 4.82. The molecule has 0 amide bonds. The molecule has 0 aromatic heterocycles. The lowest BCUT2D eigenvalue weighted by molar-refractivity contribution is -0.139. The summed E-state index contributed by atoms with van der Waals surface area (Å²) in [6.07, 6.45) is -0.208. The minimum atomic E-state index is -3.01. The summed E-state index contributed by atoms with van der Waals surface area (Å²) in [6.45, 7) is -3.01. The minimum Gasteiger partial charge on any atom is -0.469 e. The van der Waals surface area contributed by atoms with Gasteiger partial charge in [0.25, 0.3) is 0 Å². The molecule has 0 aliphatic carbocycles. The van der Waals surface area contributed by atoms with Gasteiger partial charge in [-0.05, 0) is 6.07 Å². The number of nitrogens with two attached hydrogens (primary N) is 1. The second kappa shape index (κ2) is 5.82. The molecule has 5 nitrogen and oxygen atoms in total. The number of halogens is 2. The standard InChI is InChI=1S/C11H10F2N2O3/c1-17-10(16)4-8-6(5-14)2-7(3-9(8)15)18-11(12)13/h2-3,11H,4,15H2,1H3. The summed E-state index contributed by atoms with van der Waals surface area (Å²) in [5.74, 6) is -0.812. The van der Waals surface area contributed by atoms with Crippen molar-refractivity contribution in [1.29, 1.82) is 5.26 Å². The van der Waals surface area contributed by atoms with E-state index in [1.54, 1.807) is 6.07 Å². The Kier molecular flexibility index (Phi) is 4.43. The Balaban J connectivity index is 3.13. The van der Waals surface area contributed by atoms with Crippen LogP contribution in [0.5, 0.6) is 5.75 Å². The molecule has 18 heavy (non-hydrogen) atoms. The van der Waals surface area contributed by atoms with Crippen LogP contribution in [-0.4, -0.2) is 19.7 Å².